The van der Waals surface area contributed by atoms with Crippen molar-refractivity contribution in [2.24, 2.45) is 0 Å². The minimum atomic E-state index is 0. The predicted molar refractivity (Wildman–Crippen MR) is 124 cm³/mol. The Hall–Kier alpha value is -1.79. The van der Waals surface area contributed by atoms with Gasteiger partial charge in [0.25, 0.3) is 0 Å². The molecule has 2 nitrogen and oxygen atoms in total. The molecule has 2 heterocycles. The van der Waals surface area contributed by atoms with Crippen LogP contribution >= 0.6 is 11.8 Å². The van der Waals surface area contributed by atoms with Crippen molar-refractivity contribution in [2.45, 2.75) is 51.6 Å². The van der Waals surface area contributed by atoms with E-state index in [2.05, 4.69) is 103 Å². The summed E-state index contributed by atoms with van der Waals surface area (Å²) in [5.41, 5.74) is 6.57. The number of aryl methyl sites for hydroxylation is 2. The normalized spacial score (nSPS) is 14.0. The summed E-state index contributed by atoms with van der Waals surface area (Å²) < 4.78 is 2.43. The zero-order valence-electron chi connectivity index (χ0n) is 17.9. The van der Waals surface area contributed by atoms with E-state index in [0.29, 0.717) is 0 Å². The maximum atomic E-state index is 2.44. The molecule has 4 rings (SSSR count). The van der Waals surface area contributed by atoms with Gasteiger partial charge in [-0.25, -0.2) is 4.57 Å². The van der Waals surface area contributed by atoms with Crippen LogP contribution in [-0.2, 0) is 13.1 Å². The first-order valence-corrected chi connectivity index (χ1v) is 11.3. The molecule has 0 saturated heterocycles. The van der Waals surface area contributed by atoms with Gasteiger partial charge in [-0.15, -0.1) is 0 Å². The van der Waals surface area contributed by atoms with E-state index in [-0.39, 0.29) is 24.0 Å². The molecular weight excluding hydrogens is 499 g/mol. The fraction of sp³-hybridized carbons (Fsp3) is 0.269. The summed E-state index contributed by atoms with van der Waals surface area (Å²) in [4.78, 5) is 3.77. The molecule has 0 aliphatic carbocycles. The third-order valence-corrected chi connectivity index (χ3v) is 6.56. The van der Waals surface area contributed by atoms with E-state index >= 15 is 0 Å². The van der Waals surface area contributed by atoms with Crippen molar-refractivity contribution in [3.63, 3.8) is 0 Å². The van der Waals surface area contributed by atoms with Gasteiger partial charge in [0.1, 0.15) is 6.54 Å². The number of benzene rings is 2. The Morgan fingerprint density at radius 2 is 1.60 bits per heavy atom. The number of anilines is 1. The van der Waals surface area contributed by atoms with Gasteiger partial charge < -0.3 is 28.9 Å². The first-order valence-electron chi connectivity index (χ1n) is 10.5. The maximum Gasteiger partial charge on any atom is 0.179 e. The minimum absolute atomic E-state index is 0. The fourth-order valence-corrected chi connectivity index (χ4v) is 5.07. The van der Waals surface area contributed by atoms with E-state index in [1.54, 1.807) is 0 Å². The number of unbranched alkanes of at least 4 members (excludes halogenated alkanes) is 1. The second-order valence-corrected chi connectivity index (χ2v) is 8.76. The van der Waals surface area contributed by atoms with E-state index in [0.717, 1.165) is 13.1 Å². The van der Waals surface area contributed by atoms with Gasteiger partial charge in [0.2, 0.25) is 0 Å². The number of aromatic nitrogens is 1. The summed E-state index contributed by atoms with van der Waals surface area (Å²) in [7, 11) is 0. The second-order valence-electron chi connectivity index (χ2n) is 7.70. The number of pyridine rings is 1. The van der Waals surface area contributed by atoms with Gasteiger partial charge in [-0.3, -0.25) is 0 Å². The standard InChI is InChI=1S/C26H29N2S.HI/c1-4-5-15-27-20(2)16-23(17-21(27)3)18-26-28(19-22-11-7-6-8-12-22)24-13-9-10-14-25(24)29-26;/h6-14,16-18H,4-5,15,19H2,1-3H3;1H/q+1;/p-1. The number of thioether (sulfide) groups is 1. The minimum Gasteiger partial charge on any atom is -1.00 e. The number of hydrogen-bond acceptors (Lipinski definition) is 2. The molecule has 0 fully saturated rings. The molecule has 1 aliphatic heterocycles. The van der Waals surface area contributed by atoms with E-state index in [4.69, 9.17) is 0 Å². The second kappa shape index (κ2) is 10.5. The van der Waals surface area contributed by atoms with Gasteiger partial charge in [0.15, 0.2) is 11.4 Å². The first kappa shape index (κ1) is 22.9. The number of nitrogens with zero attached hydrogens (tertiary/aromatic N) is 2. The van der Waals surface area contributed by atoms with Gasteiger partial charge in [-0.2, -0.15) is 0 Å². The lowest BCUT2D eigenvalue weighted by Crippen LogP contribution is -3.00. The lowest BCUT2D eigenvalue weighted by molar-refractivity contribution is -0.708. The Kier molecular flexibility index (Phi) is 8.00. The molecule has 3 aromatic rings. The Morgan fingerprint density at radius 1 is 0.933 bits per heavy atom. The lowest BCUT2D eigenvalue weighted by Gasteiger charge is -2.21. The van der Waals surface area contributed by atoms with Crippen molar-refractivity contribution in [2.75, 3.05) is 4.90 Å². The molecular formula is C26H29IN2S. The van der Waals surface area contributed by atoms with Crippen molar-refractivity contribution in [1.29, 1.82) is 0 Å². The smallest absolute Gasteiger partial charge is 0.179 e. The number of halogens is 1. The van der Waals surface area contributed by atoms with Gasteiger partial charge in [-0.1, -0.05) is 67.6 Å². The van der Waals surface area contributed by atoms with Crippen LogP contribution in [0.3, 0.4) is 0 Å². The molecule has 0 amide bonds. The molecule has 0 N–H and O–H groups in total. The molecule has 1 aromatic heterocycles. The van der Waals surface area contributed by atoms with Crippen LogP contribution < -0.4 is 33.4 Å². The molecule has 0 unspecified atom stereocenters. The van der Waals surface area contributed by atoms with Crippen molar-refractivity contribution in [1.82, 2.24) is 0 Å². The molecule has 0 saturated carbocycles. The lowest BCUT2D eigenvalue weighted by atomic mass is 10.1. The summed E-state index contributed by atoms with van der Waals surface area (Å²) in [5, 5.41) is 1.29. The molecule has 4 heteroatoms. The largest absolute Gasteiger partial charge is 1.00 e. The van der Waals surface area contributed by atoms with Crippen LogP contribution in [0.25, 0.3) is 6.08 Å². The Balaban J connectivity index is 0.00000256. The van der Waals surface area contributed by atoms with E-state index in [9.17, 15) is 0 Å². The molecule has 0 bridgehead atoms. The van der Waals surface area contributed by atoms with Gasteiger partial charge >= 0.3 is 0 Å². The zero-order valence-corrected chi connectivity index (χ0v) is 20.9. The highest BCUT2D eigenvalue weighted by Crippen LogP contribution is 2.47. The Bertz CT molecular complexity index is 1010. The first-order chi connectivity index (χ1) is 14.2. The molecule has 156 valence electrons. The van der Waals surface area contributed by atoms with E-state index in [1.807, 2.05) is 11.8 Å². The number of hydrogen-bond donors (Lipinski definition) is 0. The fourth-order valence-electron chi connectivity index (χ4n) is 3.94. The highest BCUT2D eigenvalue weighted by Gasteiger charge is 2.25. The van der Waals surface area contributed by atoms with Crippen LogP contribution in [0, 0.1) is 13.8 Å². The van der Waals surface area contributed by atoms with Crippen LogP contribution in [0.1, 0.15) is 42.3 Å². The van der Waals surface area contributed by atoms with Crippen LogP contribution in [-0.4, -0.2) is 0 Å². The van der Waals surface area contributed by atoms with Gasteiger partial charge in [-0.05, 0) is 29.3 Å². The summed E-state index contributed by atoms with van der Waals surface area (Å²) in [6, 6.07) is 24.1. The Labute approximate surface area is 202 Å². The van der Waals surface area contributed by atoms with Crippen LogP contribution in [0.4, 0.5) is 5.69 Å². The highest BCUT2D eigenvalue weighted by atomic mass is 127. The predicted octanol–water partition coefficient (Wildman–Crippen LogP) is 3.51. The number of para-hydroxylation sites is 1. The highest BCUT2D eigenvalue weighted by molar-refractivity contribution is 8.03. The molecule has 0 atom stereocenters. The molecule has 30 heavy (non-hydrogen) atoms. The number of fused-ring (bicyclic) bond motifs is 1. The summed E-state index contributed by atoms with van der Waals surface area (Å²) in [6.45, 7) is 8.69. The van der Waals surface area contributed by atoms with Crippen molar-refractivity contribution in [3.05, 3.63) is 94.3 Å². The third kappa shape index (κ3) is 5.09. The summed E-state index contributed by atoms with van der Waals surface area (Å²) in [5.74, 6) is 0. The topological polar surface area (TPSA) is 7.12 Å². The molecule has 2 aromatic carbocycles. The maximum absolute atomic E-state index is 2.44. The summed E-state index contributed by atoms with van der Waals surface area (Å²) >= 11 is 1.87. The van der Waals surface area contributed by atoms with Crippen molar-refractivity contribution < 1.29 is 28.5 Å². The van der Waals surface area contributed by atoms with Crippen LogP contribution in [0.2, 0.25) is 0 Å². The van der Waals surface area contributed by atoms with Crippen LogP contribution in [0.15, 0.2) is 76.7 Å². The quantitative estimate of drug-likeness (QED) is 0.357. The third-order valence-electron chi connectivity index (χ3n) is 5.45. The van der Waals surface area contributed by atoms with Gasteiger partial charge in [0.05, 0.1) is 10.7 Å². The molecule has 0 radical (unpaired) electrons. The Morgan fingerprint density at radius 3 is 2.30 bits per heavy atom. The molecule has 1 aliphatic rings. The van der Waals surface area contributed by atoms with Crippen LogP contribution in [0.5, 0.6) is 0 Å². The molecule has 0 spiro atoms. The van der Waals surface area contributed by atoms with E-state index < -0.39 is 0 Å². The van der Waals surface area contributed by atoms with Gasteiger partial charge in [0, 0.05) is 43.8 Å². The monoisotopic (exact) mass is 528 g/mol. The SMILES string of the molecule is CCCC[n+]1c(C)cc(/C=C2\Sc3ccccc3N2Cc2ccccc2)cc1C.[I-]. The van der Waals surface area contributed by atoms with E-state index in [1.165, 1.54) is 51.0 Å². The zero-order chi connectivity index (χ0) is 20.2. The number of rotatable bonds is 6. The average Bonchev–Trinajstić information content (AvgIpc) is 3.05. The average molecular weight is 529 g/mol. The van der Waals surface area contributed by atoms with Crippen molar-refractivity contribution in [3.8, 4) is 0 Å². The summed E-state index contributed by atoms with van der Waals surface area (Å²) in [6.07, 6.45) is 4.79. The van der Waals surface area contributed by atoms with Crippen molar-refractivity contribution >= 4 is 23.5 Å².